The summed E-state index contributed by atoms with van der Waals surface area (Å²) in [5.74, 6) is 0.337. The van der Waals surface area contributed by atoms with Crippen LogP contribution in [0.2, 0.25) is 0 Å². The first-order chi connectivity index (χ1) is 7.25. The standard InChI is InChI=1S/C9H13N3O2S/c1-6(13)10-9-12-11-8(15-9)7-2-4-14-5-3-7/h7H,2-5H2,1H3,(H,10,12,13). The molecule has 5 nitrogen and oxygen atoms in total. The fourth-order valence-electron chi connectivity index (χ4n) is 1.55. The van der Waals surface area contributed by atoms with E-state index in [9.17, 15) is 4.79 Å². The molecule has 1 aromatic heterocycles. The van der Waals surface area contributed by atoms with E-state index in [0.717, 1.165) is 31.1 Å². The maximum atomic E-state index is 10.8. The predicted octanol–water partition coefficient (Wildman–Crippen LogP) is 1.39. The Kier molecular flexibility index (Phi) is 3.27. The minimum atomic E-state index is -0.107. The van der Waals surface area contributed by atoms with Crippen molar-refractivity contribution in [2.45, 2.75) is 25.7 Å². The molecular formula is C9H13N3O2S. The van der Waals surface area contributed by atoms with Crippen LogP contribution in [0.4, 0.5) is 5.13 Å². The summed E-state index contributed by atoms with van der Waals surface area (Å²) in [6, 6.07) is 0. The molecule has 82 valence electrons. The zero-order valence-corrected chi connectivity index (χ0v) is 9.34. The molecule has 1 aliphatic heterocycles. The number of nitrogens with one attached hydrogen (secondary N) is 1. The summed E-state index contributed by atoms with van der Waals surface area (Å²) in [6.45, 7) is 3.05. The highest BCUT2D eigenvalue weighted by atomic mass is 32.1. The van der Waals surface area contributed by atoms with Gasteiger partial charge in [-0.2, -0.15) is 0 Å². The number of amides is 1. The van der Waals surface area contributed by atoms with Crippen LogP contribution in [0.3, 0.4) is 0 Å². The minimum absolute atomic E-state index is 0.107. The van der Waals surface area contributed by atoms with Gasteiger partial charge in [0.25, 0.3) is 0 Å². The summed E-state index contributed by atoms with van der Waals surface area (Å²) in [5.41, 5.74) is 0. The lowest BCUT2D eigenvalue weighted by molar-refractivity contribution is -0.114. The Bertz CT molecular complexity index is 347. The molecule has 0 spiro atoms. The van der Waals surface area contributed by atoms with Gasteiger partial charge in [0.05, 0.1) is 0 Å². The van der Waals surface area contributed by atoms with Gasteiger partial charge in [-0.3, -0.25) is 4.79 Å². The molecule has 0 aliphatic carbocycles. The highest BCUT2D eigenvalue weighted by Crippen LogP contribution is 2.30. The summed E-state index contributed by atoms with van der Waals surface area (Å²) in [5, 5.41) is 12.2. The van der Waals surface area contributed by atoms with E-state index in [1.54, 1.807) is 0 Å². The molecular weight excluding hydrogens is 214 g/mol. The van der Waals surface area contributed by atoms with Gasteiger partial charge in [0.2, 0.25) is 11.0 Å². The van der Waals surface area contributed by atoms with Crippen LogP contribution in [-0.2, 0) is 9.53 Å². The molecule has 1 amide bonds. The zero-order valence-electron chi connectivity index (χ0n) is 8.52. The SMILES string of the molecule is CC(=O)Nc1nnc(C2CCOCC2)s1. The average molecular weight is 227 g/mol. The second-order valence-electron chi connectivity index (χ2n) is 3.51. The molecule has 0 bridgehead atoms. The fourth-order valence-corrected chi connectivity index (χ4v) is 2.50. The maximum Gasteiger partial charge on any atom is 0.223 e. The van der Waals surface area contributed by atoms with Crippen LogP contribution in [0.5, 0.6) is 0 Å². The molecule has 1 fully saturated rings. The molecule has 1 aliphatic rings. The molecule has 0 aromatic carbocycles. The molecule has 0 saturated carbocycles. The lowest BCUT2D eigenvalue weighted by atomic mass is 10.0. The van der Waals surface area contributed by atoms with Crippen LogP contribution in [0.1, 0.15) is 30.7 Å². The van der Waals surface area contributed by atoms with Crippen molar-refractivity contribution in [3.05, 3.63) is 5.01 Å². The third-order valence-corrected chi connectivity index (χ3v) is 3.30. The molecule has 0 atom stereocenters. The summed E-state index contributed by atoms with van der Waals surface area (Å²) in [4.78, 5) is 10.8. The first-order valence-electron chi connectivity index (χ1n) is 4.94. The van der Waals surface area contributed by atoms with Gasteiger partial charge < -0.3 is 10.1 Å². The number of ether oxygens (including phenoxy) is 1. The van der Waals surface area contributed by atoms with Gasteiger partial charge in [0.15, 0.2) is 0 Å². The van der Waals surface area contributed by atoms with Gasteiger partial charge in [0.1, 0.15) is 5.01 Å². The van der Waals surface area contributed by atoms with Crippen molar-refractivity contribution < 1.29 is 9.53 Å². The van der Waals surface area contributed by atoms with Crippen molar-refractivity contribution in [1.29, 1.82) is 0 Å². The van der Waals surface area contributed by atoms with E-state index in [-0.39, 0.29) is 5.91 Å². The quantitative estimate of drug-likeness (QED) is 0.829. The normalized spacial score (nSPS) is 17.7. The Morgan fingerprint density at radius 2 is 2.20 bits per heavy atom. The van der Waals surface area contributed by atoms with Crippen LogP contribution < -0.4 is 5.32 Å². The number of anilines is 1. The van der Waals surface area contributed by atoms with Crippen molar-refractivity contribution in [2.24, 2.45) is 0 Å². The second kappa shape index (κ2) is 4.67. The second-order valence-corrected chi connectivity index (χ2v) is 4.52. The molecule has 0 radical (unpaired) electrons. The van der Waals surface area contributed by atoms with Gasteiger partial charge in [-0.15, -0.1) is 10.2 Å². The number of carbonyl (C=O) groups is 1. The maximum absolute atomic E-state index is 10.8. The van der Waals surface area contributed by atoms with Gasteiger partial charge in [-0.1, -0.05) is 11.3 Å². The van der Waals surface area contributed by atoms with E-state index in [0.29, 0.717) is 11.0 Å². The van der Waals surface area contributed by atoms with Crippen LogP contribution >= 0.6 is 11.3 Å². The number of rotatable bonds is 2. The van der Waals surface area contributed by atoms with Crippen molar-refractivity contribution in [1.82, 2.24) is 10.2 Å². The van der Waals surface area contributed by atoms with E-state index in [1.807, 2.05) is 0 Å². The summed E-state index contributed by atoms with van der Waals surface area (Å²) < 4.78 is 5.28. The van der Waals surface area contributed by atoms with Gasteiger partial charge >= 0.3 is 0 Å². The number of nitrogens with zero attached hydrogens (tertiary/aromatic N) is 2. The lowest BCUT2D eigenvalue weighted by Gasteiger charge is -2.18. The Morgan fingerprint density at radius 3 is 2.87 bits per heavy atom. The third-order valence-electron chi connectivity index (χ3n) is 2.29. The number of hydrogen-bond acceptors (Lipinski definition) is 5. The number of carbonyl (C=O) groups excluding carboxylic acids is 1. The molecule has 6 heteroatoms. The van der Waals surface area contributed by atoms with Crippen molar-refractivity contribution in [3.63, 3.8) is 0 Å². The van der Waals surface area contributed by atoms with E-state index >= 15 is 0 Å². The molecule has 1 saturated heterocycles. The molecule has 1 N–H and O–H groups in total. The van der Waals surface area contributed by atoms with Crippen molar-refractivity contribution in [3.8, 4) is 0 Å². The van der Waals surface area contributed by atoms with Gasteiger partial charge in [0, 0.05) is 26.1 Å². The Morgan fingerprint density at radius 1 is 1.47 bits per heavy atom. The summed E-state index contributed by atoms with van der Waals surface area (Å²) in [7, 11) is 0. The molecule has 1 aromatic rings. The van der Waals surface area contributed by atoms with Crippen LogP contribution in [0, 0.1) is 0 Å². The highest BCUT2D eigenvalue weighted by molar-refractivity contribution is 7.15. The van der Waals surface area contributed by atoms with E-state index in [2.05, 4.69) is 15.5 Å². The van der Waals surface area contributed by atoms with Gasteiger partial charge in [-0.05, 0) is 12.8 Å². The largest absolute Gasteiger partial charge is 0.381 e. The van der Waals surface area contributed by atoms with Gasteiger partial charge in [-0.25, -0.2) is 0 Å². The molecule has 2 heterocycles. The smallest absolute Gasteiger partial charge is 0.223 e. The molecule has 2 rings (SSSR count). The van der Waals surface area contributed by atoms with Crippen molar-refractivity contribution in [2.75, 3.05) is 18.5 Å². The van der Waals surface area contributed by atoms with Crippen molar-refractivity contribution >= 4 is 22.4 Å². The average Bonchev–Trinajstić information content (AvgIpc) is 2.67. The monoisotopic (exact) mass is 227 g/mol. The van der Waals surface area contributed by atoms with E-state index in [1.165, 1.54) is 18.3 Å². The first kappa shape index (κ1) is 10.5. The summed E-state index contributed by atoms with van der Waals surface area (Å²) in [6.07, 6.45) is 1.99. The molecule has 15 heavy (non-hydrogen) atoms. The Labute approximate surface area is 91.9 Å². The van der Waals surface area contributed by atoms with Crippen LogP contribution in [0.25, 0.3) is 0 Å². The predicted molar refractivity (Wildman–Crippen MR) is 57.0 cm³/mol. The van der Waals surface area contributed by atoms with E-state index in [4.69, 9.17) is 4.74 Å². The molecule has 0 unspecified atom stereocenters. The lowest BCUT2D eigenvalue weighted by Crippen LogP contribution is -2.13. The van der Waals surface area contributed by atoms with E-state index < -0.39 is 0 Å². The van der Waals surface area contributed by atoms with Crippen LogP contribution in [0.15, 0.2) is 0 Å². The Hall–Kier alpha value is -1.01. The first-order valence-corrected chi connectivity index (χ1v) is 5.76. The minimum Gasteiger partial charge on any atom is -0.381 e. The van der Waals surface area contributed by atoms with Crippen LogP contribution in [-0.4, -0.2) is 29.3 Å². The summed E-state index contributed by atoms with van der Waals surface area (Å²) >= 11 is 1.46. The third kappa shape index (κ3) is 2.73. The number of aromatic nitrogens is 2. The fraction of sp³-hybridized carbons (Fsp3) is 0.667. The Balaban J connectivity index is 2.02. The zero-order chi connectivity index (χ0) is 10.7. The number of hydrogen-bond donors (Lipinski definition) is 1. The topological polar surface area (TPSA) is 64.1 Å². The highest BCUT2D eigenvalue weighted by Gasteiger charge is 2.20.